The fourth-order valence-electron chi connectivity index (χ4n) is 4.30. The molecule has 2 aliphatic rings. The standard InChI is InChI=1S/C22H28N6O2/c1-2-16-20(15-27-6-10-29-11-7-27)24-21(25-22(16)28-8-12-30-13-9-28)17-4-3-5-19-18(17)14-23-26-19/h3-5,14H,2,6-13,15H2,1H3,(H,23,26). The number of benzene rings is 1. The lowest BCUT2D eigenvalue weighted by atomic mass is 10.1. The molecule has 1 N–H and O–H groups in total. The average Bonchev–Trinajstić information content (AvgIpc) is 3.29. The van der Waals surface area contributed by atoms with Crippen LogP contribution >= 0.6 is 0 Å². The molecule has 0 saturated carbocycles. The Balaban J connectivity index is 1.62. The number of rotatable bonds is 5. The first-order valence-electron chi connectivity index (χ1n) is 10.8. The Kier molecular flexibility index (Phi) is 5.61. The van der Waals surface area contributed by atoms with Crippen LogP contribution in [0.3, 0.4) is 0 Å². The third-order valence-corrected chi connectivity index (χ3v) is 5.94. The Bertz CT molecular complexity index is 1010. The van der Waals surface area contributed by atoms with E-state index in [4.69, 9.17) is 19.4 Å². The fourth-order valence-corrected chi connectivity index (χ4v) is 4.30. The molecule has 0 bridgehead atoms. The number of nitrogens with zero attached hydrogens (tertiary/aromatic N) is 5. The number of anilines is 1. The van der Waals surface area contributed by atoms with E-state index in [2.05, 4.69) is 33.0 Å². The Morgan fingerprint density at radius 3 is 2.53 bits per heavy atom. The molecule has 0 radical (unpaired) electrons. The van der Waals surface area contributed by atoms with Crippen molar-refractivity contribution in [3.8, 4) is 11.4 Å². The van der Waals surface area contributed by atoms with Crippen LogP contribution in [0.5, 0.6) is 0 Å². The van der Waals surface area contributed by atoms with Gasteiger partial charge >= 0.3 is 0 Å². The Labute approximate surface area is 176 Å². The van der Waals surface area contributed by atoms with E-state index in [9.17, 15) is 0 Å². The van der Waals surface area contributed by atoms with Gasteiger partial charge in [0.15, 0.2) is 5.82 Å². The molecule has 8 heteroatoms. The summed E-state index contributed by atoms with van der Waals surface area (Å²) in [5, 5.41) is 8.32. The summed E-state index contributed by atoms with van der Waals surface area (Å²) < 4.78 is 11.1. The second-order valence-corrected chi connectivity index (χ2v) is 7.77. The molecular weight excluding hydrogens is 380 g/mol. The molecule has 3 aromatic rings. The second-order valence-electron chi connectivity index (χ2n) is 7.77. The number of aromatic amines is 1. The molecule has 2 saturated heterocycles. The predicted octanol–water partition coefficient (Wildman–Crippen LogP) is 2.25. The maximum absolute atomic E-state index is 5.59. The lowest BCUT2D eigenvalue weighted by Gasteiger charge is -2.32. The minimum Gasteiger partial charge on any atom is -0.379 e. The SMILES string of the molecule is CCc1c(CN2CCOCC2)nc(-c2cccc3[nH]ncc23)nc1N1CCOCC1. The topological polar surface area (TPSA) is 79.4 Å². The molecule has 2 aliphatic heterocycles. The average molecular weight is 409 g/mol. The van der Waals surface area contributed by atoms with E-state index >= 15 is 0 Å². The maximum Gasteiger partial charge on any atom is 0.162 e. The van der Waals surface area contributed by atoms with E-state index in [1.54, 1.807) is 0 Å². The van der Waals surface area contributed by atoms with Gasteiger partial charge in [-0.2, -0.15) is 5.10 Å². The highest BCUT2D eigenvalue weighted by Gasteiger charge is 2.23. The summed E-state index contributed by atoms with van der Waals surface area (Å²) in [6.07, 6.45) is 2.76. The van der Waals surface area contributed by atoms with Crippen LogP contribution in [0, 0.1) is 0 Å². The van der Waals surface area contributed by atoms with Crippen molar-refractivity contribution >= 4 is 16.7 Å². The first-order valence-corrected chi connectivity index (χ1v) is 10.8. The second kappa shape index (κ2) is 8.67. The van der Waals surface area contributed by atoms with E-state index < -0.39 is 0 Å². The molecule has 5 rings (SSSR count). The van der Waals surface area contributed by atoms with E-state index in [-0.39, 0.29) is 0 Å². The van der Waals surface area contributed by atoms with E-state index in [1.165, 1.54) is 5.56 Å². The van der Waals surface area contributed by atoms with Crippen LogP contribution in [0.2, 0.25) is 0 Å². The molecule has 158 valence electrons. The van der Waals surface area contributed by atoms with Crippen LogP contribution in [0.15, 0.2) is 24.4 Å². The van der Waals surface area contributed by atoms with Gasteiger partial charge in [-0.05, 0) is 12.5 Å². The number of aromatic nitrogens is 4. The summed E-state index contributed by atoms with van der Waals surface area (Å²) in [6, 6.07) is 6.15. The molecule has 0 aliphatic carbocycles. The van der Waals surface area contributed by atoms with Crippen LogP contribution in [0.1, 0.15) is 18.2 Å². The molecular formula is C22H28N6O2. The van der Waals surface area contributed by atoms with Gasteiger partial charge in [0.2, 0.25) is 0 Å². The maximum atomic E-state index is 5.59. The summed E-state index contributed by atoms with van der Waals surface area (Å²) in [5.41, 5.74) is 4.37. The van der Waals surface area contributed by atoms with Gasteiger partial charge in [0.05, 0.1) is 43.8 Å². The van der Waals surface area contributed by atoms with Gasteiger partial charge in [-0.3, -0.25) is 10.00 Å². The quantitative estimate of drug-likeness (QED) is 0.694. The summed E-state index contributed by atoms with van der Waals surface area (Å²) in [6.45, 7) is 9.64. The van der Waals surface area contributed by atoms with E-state index in [0.29, 0.717) is 0 Å². The Morgan fingerprint density at radius 2 is 1.77 bits per heavy atom. The molecule has 4 heterocycles. The largest absolute Gasteiger partial charge is 0.379 e. The third kappa shape index (κ3) is 3.78. The van der Waals surface area contributed by atoms with Gasteiger partial charge in [-0.1, -0.05) is 19.1 Å². The summed E-state index contributed by atoms with van der Waals surface area (Å²) in [4.78, 5) is 15.0. The van der Waals surface area contributed by atoms with Crippen molar-refractivity contribution in [1.82, 2.24) is 25.1 Å². The van der Waals surface area contributed by atoms with Gasteiger partial charge < -0.3 is 14.4 Å². The Hall–Kier alpha value is -2.55. The molecule has 0 amide bonds. The van der Waals surface area contributed by atoms with Crippen LogP contribution < -0.4 is 4.90 Å². The molecule has 2 fully saturated rings. The minimum absolute atomic E-state index is 0.735. The smallest absolute Gasteiger partial charge is 0.162 e. The molecule has 30 heavy (non-hydrogen) atoms. The zero-order valence-corrected chi connectivity index (χ0v) is 17.4. The molecule has 8 nitrogen and oxygen atoms in total. The van der Waals surface area contributed by atoms with Crippen molar-refractivity contribution < 1.29 is 9.47 Å². The summed E-state index contributed by atoms with van der Waals surface area (Å²) in [5.74, 6) is 1.82. The van der Waals surface area contributed by atoms with Crippen LogP contribution in [-0.2, 0) is 22.4 Å². The molecule has 2 aromatic heterocycles. The first-order chi connectivity index (χ1) is 14.8. The predicted molar refractivity (Wildman–Crippen MR) is 116 cm³/mol. The van der Waals surface area contributed by atoms with Gasteiger partial charge in [-0.15, -0.1) is 0 Å². The number of H-pyrrole nitrogens is 1. The zero-order chi connectivity index (χ0) is 20.3. The van der Waals surface area contributed by atoms with Crippen LogP contribution in [0.4, 0.5) is 5.82 Å². The number of hydrogen-bond acceptors (Lipinski definition) is 7. The van der Waals surface area contributed by atoms with Gasteiger partial charge in [0.25, 0.3) is 0 Å². The van der Waals surface area contributed by atoms with Gasteiger partial charge in [0.1, 0.15) is 5.82 Å². The molecule has 0 spiro atoms. The highest BCUT2D eigenvalue weighted by atomic mass is 16.5. The van der Waals surface area contributed by atoms with Crippen molar-refractivity contribution in [1.29, 1.82) is 0 Å². The molecule has 0 atom stereocenters. The van der Waals surface area contributed by atoms with Gasteiger partial charge in [-0.25, -0.2) is 9.97 Å². The number of nitrogens with one attached hydrogen (secondary N) is 1. The molecule has 1 aromatic carbocycles. The first kappa shape index (κ1) is 19.4. The lowest BCUT2D eigenvalue weighted by Crippen LogP contribution is -2.39. The fraction of sp³-hybridized carbons (Fsp3) is 0.500. The van der Waals surface area contributed by atoms with Gasteiger partial charge in [0, 0.05) is 49.2 Å². The third-order valence-electron chi connectivity index (χ3n) is 5.94. The number of ether oxygens (including phenoxy) is 2. The minimum atomic E-state index is 0.735. The Morgan fingerprint density at radius 1 is 1.00 bits per heavy atom. The van der Waals surface area contributed by atoms with Crippen molar-refractivity contribution in [3.05, 3.63) is 35.7 Å². The molecule has 0 unspecified atom stereocenters. The van der Waals surface area contributed by atoms with Crippen LogP contribution in [0.25, 0.3) is 22.3 Å². The van der Waals surface area contributed by atoms with E-state index in [0.717, 1.165) is 99.4 Å². The monoisotopic (exact) mass is 408 g/mol. The van der Waals surface area contributed by atoms with Crippen LogP contribution in [-0.4, -0.2) is 77.7 Å². The summed E-state index contributed by atoms with van der Waals surface area (Å²) >= 11 is 0. The van der Waals surface area contributed by atoms with Crippen molar-refractivity contribution in [2.24, 2.45) is 0 Å². The number of fused-ring (bicyclic) bond motifs is 1. The number of hydrogen-bond donors (Lipinski definition) is 1. The normalized spacial score (nSPS) is 18.2. The van der Waals surface area contributed by atoms with E-state index in [1.807, 2.05) is 18.3 Å². The lowest BCUT2D eigenvalue weighted by molar-refractivity contribution is 0.0335. The zero-order valence-electron chi connectivity index (χ0n) is 17.4. The van der Waals surface area contributed by atoms with Crippen molar-refractivity contribution in [3.63, 3.8) is 0 Å². The highest BCUT2D eigenvalue weighted by molar-refractivity contribution is 5.92. The van der Waals surface area contributed by atoms with Crippen molar-refractivity contribution in [2.75, 3.05) is 57.5 Å². The highest BCUT2D eigenvalue weighted by Crippen LogP contribution is 2.30. The summed E-state index contributed by atoms with van der Waals surface area (Å²) in [7, 11) is 0. The number of morpholine rings is 2. The van der Waals surface area contributed by atoms with Crippen molar-refractivity contribution in [2.45, 2.75) is 19.9 Å².